The number of carboxylic acid groups (broad SMARTS) is 1. The van der Waals surface area contributed by atoms with Gasteiger partial charge in [0.2, 0.25) is 0 Å². The van der Waals surface area contributed by atoms with Crippen molar-refractivity contribution in [1.82, 2.24) is 10.4 Å². The van der Waals surface area contributed by atoms with Crippen LogP contribution in [0, 0.1) is 0 Å². The van der Waals surface area contributed by atoms with Crippen LogP contribution >= 0.6 is 0 Å². The Morgan fingerprint density at radius 3 is 2.42 bits per heavy atom. The maximum Gasteiger partial charge on any atom is 0.408 e. The van der Waals surface area contributed by atoms with Crippen LogP contribution < -0.4 is 5.32 Å². The smallest absolute Gasteiger partial charge is 0.408 e. The third kappa shape index (κ3) is 4.09. The van der Waals surface area contributed by atoms with Crippen molar-refractivity contribution >= 4 is 18.0 Å². The third-order valence-corrected chi connectivity index (χ3v) is 2.33. The molecule has 0 aromatic heterocycles. The van der Waals surface area contributed by atoms with Crippen molar-refractivity contribution in [3.05, 3.63) is 0 Å². The fraction of sp³-hybridized carbons (Fsp3) is 0.727. The van der Waals surface area contributed by atoms with Crippen LogP contribution in [0.2, 0.25) is 0 Å². The number of alkyl carbamates (subject to hydrolysis) is 1. The van der Waals surface area contributed by atoms with Crippen molar-refractivity contribution in [3.63, 3.8) is 0 Å². The molecule has 2 N–H and O–H groups in total. The van der Waals surface area contributed by atoms with Gasteiger partial charge in [-0.15, -0.1) is 0 Å². The van der Waals surface area contributed by atoms with E-state index < -0.39 is 42.3 Å². The number of hydrogen-bond donors (Lipinski definition) is 2. The maximum absolute atomic E-state index is 11.6. The first-order valence-corrected chi connectivity index (χ1v) is 5.79. The van der Waals surface area contributed by atoms with Crippen molar-refractivity contribution in [2.45, 2.75) is 45.4 Å². The highest BCUT2D eigenvalue weighted by Gasteiger charge is 2.47. The summed E-state index contributed by atoms with van der Waals surface area (Å²) < 4.78 is 5.02. The van der Waals surface area contributed by atoms with E-state index in [0.29, 0.717) is 0 Å². The summed E-state index contributed by atoms with van der Waals surface area (Å²) in [5.74, 6) is -1.68. The molecule has 0 saturated carbocycles. The predicted octanol–water partition coefficient (Wildman–Crippen LogP) is 0.127. The van der Waals surface area contributed by atoms with Crippen LogP contribution in [0.1, 0.15) is 27.7 Å². The van der Waals surface area contributed by atoms with Gasteiger partial charge in [0.05, 0.1) is 6.04 Å². The molecule has 0 aromatic carbocycles. The Kier molecular flexibility index (Phi) is 4.35. The summed E-state index contributed by atoms with van der Waals surface area (Å²) in [5, 5.41) is 11.8. The van der Waals surface area contributed by atoms with E-state index in [1.807, 2.05) is 0 Å². The van der Waals surface area contributed by atoms with E-state index in [0.717, 1.165) is 5.06 Å². The van der Waals surface area contributed by atoms with E-state index in [9.17, 15) is 14.4 Å². The van der Waals surface area contributed by atoms with Gasteiger partial charge in [0.15, 0.2) is 6.61 Å². The molecule has 2 atom stereocenters. The van der Waals surface area contributed by atoms with Crippen LogP contribution in [0.4, 0.5) is 4.79 Å². The molecule has 0 unspecified atom stereocenters. The second-order valence-electron chi connectivity index (χ2n) is 5.20. The molecule has 0 radical (unpaired) electrons. The quantitative estimate of drug-likeness (QED) is 0.706. The number of aliphatic carboxylic acids is 1. The summed E-state index contributed by atoms with van der Waals surface area (Å²) in [7, 11) is 0. The number of β-lactam (4-membered cyclic amide) rings is 1. The molecule has 0 spiro atoms. The molecule has 1 fully saturated rings. The average Bonchev–Trinajstić information content (AvgIpc) is 2.23. The van der Waals surface area contributed by atoms with Crippen LogP contribution in [-0.2, 0) is 19.2 Å². The third-order valence-electron chi connectivity index (χ3n) is 2.33. The Morgan fingerprint density at radius 2 is 2.00 bits per heavy atom. The summed E-state index contributed by atoms with van der Waals surface area (Å²) in [4.78, 5) is 38.2. The van der Waals surface area contributed by atoms with E-state index in [1.165, 1.54) is 0 Å². The van der Waals surface area contributed by atoms with Crippen molar-refractivity contribution < 1.29 is 29.1 Å². The molecule has 1 aliphatic rings. The van der Waals surface area contributed by atoms with Gasteiger partial charge in [-0.05, 0) is 27.7 Å². The summed E-state index contributed by atoms with van der Waals surface area (Å²) in [5.41, 5.74) is -0.653. The van der Waals surface area contributed by atoms with Gasteiger partial charge in [0.1, 0.15) is 11.6 Å². The van der Waals surface area contributed by atoms with Gasteiger partial charge in [0, 0.05) is 0 Å². The van der Waals surface area contributed by atoms with Gasteiger partial charge in [-0.1, -0.05) is 0 Å². The van der Waals surface area contributed by atoms with Gasteiger partial charge in [-0.25, -0.2) is 14.7 Å². The molecule has 1 heterocycles. The van der Waals surface area contributed by atoms with Crippen LogP contribution in [0.25, 0.3) is 0 Å². The van der Waals surface area contributed by atoms with Crippen LogP contribution in [-0.4, -0.2) is 52.4 Å². The second kappa shape index (κ2) is 5.43. The number of carboxylic acids is 1. The lowest BCUT2D eigenvalue weighted by molar-refractivity contribution is -0.233. The summed E-state index contributed by atoms with van der Waals surface area (Å²) in [6, 6.07) is -1.21. The first-order chi connectivity index (χ1) is 8.61. The maximum atomic E-state index is 11.6. The number of nitrogens with zero attached hydrogens (tertiary/aromatic N) is 1. The number of ether oxygens (including phenoxy) is 1. The van der Waals surface area contributed by atoms with E-state index in [-0.39, 0.29) is 0 Å². The fourth-order valence-corrected chi connectivity index (χ4v) is 1.52. The molecule has 19 heavy (non-hydrogen) atoms. The Balaban J connectivity index is 2.44. The zero-order chi connectivity index (χ0) is 14.8. The van der Waals surface area contributed by atoms with Gasteiger partial charge >= 0.3 is 12.1 Å². The standard InChI is InChI=1S/C11H18N2O6/c1-6-8(12-10(17)19-11(2,3)4)9(16)13(6)18-5-7(14)15/h6,8H,5H2,1-4H3,(H,12,17)(H,14,15)/t6-,8+/m1/s1. The largest absolute Gasteiger partial charge is 0.479 e. The molecule has 1 aliphatic heterocycles. The number of rotatable bonds is 4. The summed E-state index contributed by atoms with van der Waals surface area (Å²) >= 11 is 0. The first kappa shape index (κ1) is 15.2. The monoisotopic (exact) mass is 274 g/mol. The van der Waals surface area contributed by atoms with E-state index in [1.54, 1.807) is 27.7 Å². The number of amides is 2. The Labute approximate surface area is 110 Å². The number of carbonyl (C=O) groups is 3. The highest BCUT2D eigenvalue weighted by Crippen LogP contribution is 2.20. The van der Waals surface area contributed by atoms with Crippen molar-refractivity contribution in [2.75, 3.05) is 6.61 Å². The molecule has 0 aromatic rings. The van der Waals surface area contributed by atoms with Gasteiger partial charge in [-0.2, -0.15) is 0 Å². The predicted molar refractivity (Wildman–Crippen MR) is 63.1 cm³/mol. The zero-order valence-electron chi connectivity index (χ0n) is 11.3. The topological polar surface area (TPSA) is 105 Å². The minimum Gasteiger partial charge on any atom is -0.479 e. The molecule has 1 saturated heterocycles. The minimum absolute atomic E-state index is 0.445. The summed E-state index contributed by atoms with van der Waals surface area (Å²) in [6.45, 7) is 6.16. The fourth-order valence-electron chi connectivity index (χ4n) is 1.52. The number of nitrogens with one attached hydrogen (secondary N) is 1. The first-order valence-electron chi connectivity index (χ1n) is 5.79. The highest BCUT2D eigenvalue weighted by atomic mass is 16.7. The average molecular weight is 274 g/mol. The normalized spacial score (nSPS) is 22.7. The Morgan fingerprint density at radius 1 is 1.42 bits per heavy atom. The zero-order valence-corrected chi connectivity index (χ0v) is 11.3. The number of hydroxylamine groups is 2. The van der Waals surface area contributed by atoms with Crippen LogP contribution in [0.3, 0.4) is 0 Å². The highest BCUT2D eigenvalue weighted by molar-refractivity contribution is 5.91. The van der Waals surface area contributed by atoms with Gasteiger partial charge < -0.3 is 15.2 Å². The van der Waals surface area contributed by atoms with Crippen LogP contribution in [0.15, 0.2) is 0 Å². The van der Waals surface area contributed by atoms with Gasteiger partial charge in [0.25, 0.3) is 5.91 Å². The molecule has 8 heteroatoms. The van der Waals surface area contributed by atoms with Crippen LogP contribution in [0.5, 0.6) is 0 Å². The SMILES string of the molecule is C[C@@H]1[C@H](NC(=O)OC(C)(C)C)C(=O)N1OCC(=O)O. The van der Waals surface area contributed by atoms with Crippen molar-refractivity contribution in [2.24, 2.45) is 0 Å². The van der Waals surface area contributed by atoms with E-state index >= 15 is 0 Å². The molecule has 8 nitrogen and oxygen atoms in total. The second-order valence-corrected chi connectivity index (χ2v) is 5.20. The summed E-state index contributed by atoms with van der Waals surface area (Å²) in [6.07, 6.45) is -0.699. The Hall–Kier alpha value is -1.83. The molecule has 0 aliphatic carbocycles. The van der Waals surface area contributed by atoms with E-state index in [2.05, 4.69) is 5.32 Å². The molecule has 1 rings (SSSR count). The number of hydrogen-bond acceptors (Lipinski definition) is 5. The lowest BCUT2D eigenvalue weighted by Gasteiger charge is -2.43. The lowest BCUT2D eigenvalue weighted by atomic mass is 10.0. The van der Waals surface area contributed by atoms with Crippen molar-refractivity contribution in [3.8, 4) is 0 Å². The van der Waals surface area contributed by atoms with E-state index in [4.69, 9.17) is 14.7 Å². The molecular formula is C11H18N2O6. The lowest BCUT2D eigenvalue weighted by Crippen LogP contribution is -2.69. The van der Waals surface area contributed by atoms with Gasteiger partial charge in [-0.3, -0.25) is 9.63 Å². The van der Waals surface area contributed by atoms with Crippen molar-refractivity contribution in [1.29, 1.82) is 0 Å². The molecule has 0 bridgehead atoms. The molecule has 2 amide bonds. The molecule has 108 valence electrons. The molecular weight excluding hydrogens is 256 g/mol. The number of carbonyl (C=O) groups excluding carboxylic acids is 2. The minimum atomic E-state index is -1.18. The Bertz CT molecular complexity index is 389.